The molecule has 0 amide bonds. The monoisotopic (exact) mass is 213 g/mol. The van der Waals surface area contributed by atoms with Gasteiger partial charge < -0.3 is 5.32 Å². The molecule has 1 aliphatic rings. The summed E-state index contributed by atoms with van der Waals surface area (Å²) in [6.07, 6.45) is 1.20. The largest absolute Gasteiger partial charge is 0.310 e. The maximum absolute atomic E-state index is 13.3. The van der Waals surface area contributed by atoms with Crippen LogP contribution >= 0.6 is 11.6 Å². The number of hydrogen-bond acceptors (Lipinski definition) is 1. The van der Waals surface area contributed by atoms with Crippen molar-refractivity contribution >= 4 is 11.6 Å². The molecule has 0 aromatic heterocycles. The van der Waals surface area contributed by atoms with E-state index in [0.29, 0.717) is 23.2 Å². The summed E-state index contributed by atoms with van der Waals surface area (Å²) in [7, 11) is 0. The highest BCUT2D eigenvalue weighted by Crippen LogP contribution is 2.29. The lowest BCUT2D eigenvalue weighted by molar-refractivity contribution is 0.580. The number of rotatable bonds is 3. The first-order valence-electron chi connectivity index (χ1n) is 4.84. The Bertz CT molecular complexity index is 340. The highest BCUT2D eigenvalue weighted by atomic mass is 35.5. The number of nitrogens with one attached hydrogen (secondary N) is 1. The molecule has 2 rings (SSSR count). The van der Waals surface area contributed by atoms with Gasteiger partial charge in [0.15, 0.2) is 0 Å². The van der Waals surface area contributed by atoms with Crippen LogP contribution in [0.15, 0.2) is 18.2 Å². The molecule has 0 aliphatic heterocycles. The average molecular weight is 214 g/mol. The van der Waals surface area contributed by atoms with E-state index in [4.69, 9.17) is 11.6 Å². The minimum atomic E-state index is -0.224. The summed E-state index contributed by atoms with van der Waals surface area (Å²) in [5, 5.41) is 3.75. The van der Waals surface area contributed by atoms with E-state index in [1.807, 2.05) is 0 Å². The minimum absolute atomic E-state index is 0.224. The highest BCUT2D eigenvalue weighted by Gasteiger charge is 2.31. The van der Waals surface area contributed by atoms with Gasteiger partial charge in [-0.3, -0.25) is 0 Å². The first kappa shape index (κ1) is 9.94. The molecule has 1 saturated carbocycles. The third-order valence-electron chi connectivity index (χ3n) is 2.68. The molecule has 3 heteroatoms. The zero-order chi connectivity index (χ0) is 10.1. The summed E-state index contributed by atoms with van der Waals surface area (Å²) in [4.78, 5) is 0. The van der Waals surface area contributed by atoms with Crippen molar-refractivity contribution < 1.29 is 4.39 Å². The summed E-state index contributed by atoms with van der Waals surface area (Å²) in [6.45, 7) is 2.79. The van der Waals surface area contributed by atoms with E-state index in [2.05, 4.69) is 12.2 Å². The fraction of sp³-hybridized carbons (Fsp3) is 0.455. The second-order valence-electron chi connectivity index (χ2n) is 3.94. The lowest BCUT2D eigenvalue weighted by Crippen LogP contribution is -2.17. The number of benzene rings is 1. The third kappa shape index (κ3) is 2.25. The summed E-state index contributed by atoms with van der Waals surface area (Å²) in [5.74, 6) is 0.517. The van der Waals surface area contributed by atoms with Gasteiger partial charge in [-0.15, -0.1) is 0 Å². The molecular weight excluding hydrogens is 201 g/mol. The van der Waals surface area contributed by atoms with Gasteiger partial charge >= 0.3 is 0 Å². The molecule has 1 nitrogen and oxygen atoms in total. The molecule has 0 bridgehead atoms. The van der Waals surface area contributed by atoms with Gasteiger partial charge in [-0.05, 0) is 24.5 Å². The van der Waals surface area contributed by atoms with E-state index in [-0.39, 0.29) is 5.82 Å². The van der Waals surface area contributed by atoms with Crippen LogP contribution in [0.2, 0.25) is 5.02 Å². The molecule has 1 aromatic rings. The Hall–Kier alpha value is -0.600. The third-order valence-corrected chi connectivity index (χ3v) is 2.91. The first-order valence-corrected chi connectivity index (χ1v) is 5.22. The second kappa shape index (κ2) is 3.87. The maximum atomic E-state index is 13.3. The van der Waals surface area contributed by atoms with Gasteiger partial charge in [-0.25, -0.2) is 4.39 Å². The topological polar surface area (TPSA) is 12.0 Å². The molecule has 1 aromatic carbocycles. The van der Waals surface area contributed by atoms with E-state index >= 15 is 0 Å². The van der Waals surface area contributed by atoms with Crippen molar-refractivity contribution in [2.24, 2.45) is 5.92 Å². The summed E-state index contributed by atoms with van der Waals surface area (Å²) >= 11 is 5.65. The van der Waals surface area contributed by atoms with Gasteiger partial charge in [0.05, 0.1) is 0 Å². The average Bonchev–Trinajstić information content (AvgIpc) is 2.80. The lowest BCUT2D eigenvalue weighted by Gasteiger charge is -2.04. The lowest BCUT2D eigenvalue weighted by atomic mass is 10.2. The Labute approximate surface area is 88.3 Å². The summed E-state index contributed by atoms with van der Waals surface area (Å²) in [6, 6.07) is 5.38. The van der Waals surface area contributed by atoms with Gasteiger partial charge in [-0.1, -0.05) is 24.6 Å². The summed E-state index contributed by atoms with van der Waals surface area (Å²) < 4.78 is 13.3. The minimum Gasteiger partial charge on any atom is -0.310 e. The molecule has 1 N–H and O–H groups in total. The van der Waals surface area contributed by atoms with Crippen molar-refractivity contribution in [3.05, 3.63) is 34.6 Å². The molecule has 2 atom stereocenters. The van der Waals surface area contributed by atoms with E-state index in [1.165, 1.54) is 12.5 Å². The van der Waals surface area contributed by atoms with Gasteiger partial charge in [0, 0.05) is 23.2 Å². The number of hydrogen-bond donors (Lipinski definition) is 1. The molecule has 1 aliphatic carbocycles. The van der Waals surface area contributed by atoms with Gasteiger partial charge in [-0.2, -0.15) is 0 Å². The maximum Gasteiger partial charge on any atom is 0.129 e. The molecule has 0 saturated heterocycles. The van der Waals surface area contributed by atoms with Crippen LogP contribution < -0.4 is 5.32 Å². The smallest absolute Gasteiger partial charge is 0.129 e. The fourth-order valence-electron chi connectivity index (χ4n) is 1.51. The van der Waals surface area contributed by atoms with Crippen LogP contribution in [0.1, 0.15) is 18.9 Å². The van der Waals surface area contributed by atoms with Crippen molar-refractivity contribution in [1.82, 2.24) is 5.32 Å². The van der Waals surface area contributed by atoms with Crippen molar-refractivity contribution in [3.8, 4) is 0 Å². The van der Waals surface area contributed by atoms with Crippen molar-refractivity contribution in [2.75, 3.05) is 0 Å². The molecule has 0 heterocycles. The van der Waals surface area contributed by atoms with Crippen LogP contribution in [-0.2, 0) is 6.54 Å². The Morgan fingerprint density at radius 2 is 2.29 bits per heavy atom. The van der Waals surface area contributed by atoms with Crippen molar-refractivity contribution in [3.63, 3.8) is 0 Å². The van der Waals surface area contributed by atoms with Gasteiger partial charge in [0.2, 0.25) is 0 Å². The van der Waals surface area contributed by atoms with E-state index < -0.39 is 0 Å². The van der Waals surface area contributed by atoms with Crippen LogP contribution in [0, 0.1) is 11.7 Å². The summed E-state index contributed by atoms with van der Waals surface area (Å²) in [5.41, 5.74) is 0.688. The molecular formula is C11H13ClFN. The van der Waals surface area contributed by atoms with Crippen LogP contribution in [-0.4, -0.2) is 6.04 Å². The number of halogens is 2. The zero-order valence-electron chi connectivity index (χ0n) is 8.06. The molecule has 1 fully saturated rings. The highest BCUT2D eigenvalue weighted by molar-refractivity contribution is 6.30. The first-order chi connectivity index (χ1) is 6.66. The Morgan fingerprint density at radius 1 is 1.57 bits per heavy atom. The Kier molecular flexibility index (Phi) is 2.75. The van der Waals surface area contributed by atoms with Crippen LogP contribution in [0.3, 0.4) is 0 Å². The fourth-order valence-corrected chi connectivity index (χ4v) is 1.67. The Balaban J connectivity index is 1.95. The van der Waals surface area contributed by atoms with E-state index in [1.54, 1.807) is 12.1 Å². The second-order valence-corrected chi connectivity index (χ2v) is 4.37. The predicted molar refractivity (Wildman–Crippen MR) is 55.8 cm³/mol. The predicted octanol–water partition coefficient (Wildman–Crippen LogP) is 2.98. The van der Waals surface area contributed by atoms with Gasteiger partial charge in [0.1, 0.15) is 5.82 Å². The molecule has 2 unspecified atom stereocenters. The zero-order valence-corrected chi connectivity index (χ0v) is 8.81. The standard InChI is InChI=1S/C11H13ClFN/c1-7-4-11(7)14-6-8-2-3-9(12)5-10(8)13/h2-3,5,7,11,14H,4,6H2,1H3. The van der Waals surface area contributed by atoms with Crippen molar-refractivity contribution in [1.29, 1.82) is 0 Å². The van der Waals surface area contributed by atoms with Gasteiger partial charge in [0.25, 0.3) is 0 Å². The van der Waals surface area contributed by atoms with E-state index in [9.17, 15) is 4.39 Å². The van der Waals surface area contributed by atoms with Crippen LogP contribution in [0.5, 0.6) is 0 Å². The molecule has 76 valence electrons. The van der Waals surface area contributed by atoms with Crippen LogP contribution in [0.4, 0.5) is 4.39 Å². The van der Waals surface area contributed by atoms with E-state index in [0.717, 1.165) is 5.92 Å². The quantitative estimate of drug-likeness (QED) is 0.814. The molecule has 14 heavy (non-hydrogen) atoms. The molecule has 0 radical (unpaired) electrons. The van der Waals surface area contributed by atoms with Crippen molar-refractivity contribution in [2.45, 2.75) is 25.9 Å². The SMILES string of the molecule is CC1CC1NCc1ccc(Cl)cc1F. The van der Waals surface area contributed by atoms with Crippen LogP contribution in [0.25, 0.3) is 0 Å². The Morgan fingerprint density at radius 3 is 2.86 bits per heavy atom. The normalized spacial score (nSPS) is 25.1. The molecule has 0 spiro atoms.